The largest absolute Gasteiger partial charge is 0.483 e. The average Bonchev–Trinajstić information content (AvgIpc) is 2.45. The van der Waals surface area contributed by atoms with E-state index < -0.39 is 54.0 Å². The zero-order valence-corrected chi connectivity index (χ0v) is 13.6. The van der Waals surface area contributed by atoms with Gasteiger partial charge in [0.15, 0.2) is 0 Å². The molecule has 0 aliphatic rings. The van der Waals surface area contributed by atoms with Crippen LogP contribution in [0.15, 0.2) is 25.3 Å². The van der Waals surface area contributed by atoms with Crippen LogP contribution in [-0.2, 0) is 41.6 Å². The van der Waals surface area contributed by atoms with Crippen LogP contribution < -0.4 is 0 Å². The molecular weight excluding hydrogens is 358 g/mol. The molecule has 0 radical (unpaired) electrons. The summed E-state index contributed by atoms with van der Waals surface area (Å²) in [4.78, 5) is 38.9. The van der Waals surface area contributed by atoms with Crippen LogP contribution in [0.3, 0.4) is 0 Å². The first-order chi connectivity index (χ1) is 10.6. The summed E-state index contributed by atoms with van der Waals surface area (Å²) in [7, 11) is -9.87. The van der Waals surface area contributed by atoms with E-state index in [4.69, 9.17) is 9.79 Å². The summed E-state index contributed by atoms with van der Waals surface area (Å²) < 4.78 is 44.9. The van der Waals surface area contributed by atoms with Crippen LogP contribution in [0.5, 0.6) is 0 Å². The number of rotatable bonds is 12. The van der Waals surface area contributed by atoms with Crippen LogP contribution >= 0.6 is 15.6 Å². The minimum absolute atomic E-state index is 0.395. The second kappa shape index (κ2) is 10.5. The molecule has 0 spiro atoms. The summed E-state index contributed by atoms with van der Waals surface area (Å²) in [6.07, 6.45) is 1.74. The van der Waals surface area contributed by atoms with Gasteiger partial charge in [-0.15, -0.1) is 0 Å². The zero-order valence-electron chi connectivity index (χ0n) is 11.9. The third-order valence-corrected chi connectivity index (χ3v) is 4.34. The van der Waals surface area contributed by atoms with Gasteiger partial charge in [-0.25, -0.2) is 18.7 Å². The number of hydrogen-bond acceptors (Lipinski definition) is 9. The van der Waals surface area contributed by atoms with Crippen LogP contribution in [0, 0.1) is 0 Å². The fourth-order valence-corrected chi connectivity index (χ4v) is 3.01. The molecule has 11 nitrogen and oxygen atoms in total. The van der Waals surface area contributed by atoms with Gasteiger partial charge in [0.25, 0.3) is 0 Å². The Morgan fingerprint density at radius 2 is 1.26 bits per heavy atom. The molecule has 0 aliphatic heterocycles. The summed E-state index contributed by atoms with van der Waals surface area (Å²) in [5.74, 6) is -1.56. The van der Waals surface area contributed by atoms with E-state index in [0.717, 1.165) is 12.2 Å². The first-order valence-electron chi connectivity index (χ1n) is 5.86. The number of esters is 2. The Bertz CT molecular complexity index is 491. The maximum atomic E-state index is 12.0. The molecule has 0 bridgehead atoms. The van der Waals surface area contributed by atoms with Crippen LogP contribution in [0.25, 0.3) is 0 Å². The minimum Gasteiger partial charge on any atom is -0.460 e. The Labute approximate surface area is 131 Å². The lowest BCUT2D eigenvalue weighted by Crippen LogP contribution is -2.11. The van der Waals surface area contributed by atoms with Gasteiger partial charge in [0.1, 0.15) is 13.2 Å². The maximum absolute atomic E-state index is 12.0. The number of phosphoric acid groups is 2. The second-order valence-corrected chi connectivity index (χ2v) is 6.47. The fourth-order valence-electron chi connectivity index (χ4n) is 0.915. The lowest BCUT2D eigenvalue weighted by Gasteiger charge is -2.17. The van der Waals surface area contributed by atoms with E-state index >= 15 is 0 Å². The number of ether oxygens (including phenoxy) is 2. The smallest absolute Gasteiger partial charge is 0.460 e. The molecule has 0 atom stereocenters. The van der Waals surface area contributed by atoms with Gasteiger partial charge in [0.05, 0.1) is 13.2 Å². The van der Waals surface area contributed by atoms with Crippen molar-refractivity contribution in [2.45, 2.75) is 0 Å². The highest BCUT2D eigenvalue weighted by atomic mass is 31.3. The highest BCUT2D eigenvalue weighted by Gasteiger charge is 2.36. The molecule has 132 valence electrons. The van der Waals surface area contributed by atoms with E-state index in [1.165, 1.54) is 0 Å². The number of hydrogen-bond donors (Lipinski definition) is 2. The van der Waals surface area contributed by atoms with E-state index in [9.17, 15) is 18.7 Å². The number of carbonyl (C=O) groups excluding carboxylic acids is 2. The topological polar surface area (TPSA) is 155 Å². The highest BCUT2D eigenvalue weighted by molar-refractivity contribution is 7.61. The second-order valence-electron chi connectivity index (χ2n) is 3.43. The first-order valence-corrected chi connectivity index (χ1v) is 8.85. The highest BCUT2D eigenvalue weighted by Crippen LogP contribution is 2.60. The summed E-state index contributed by atoms with van der Waals surface area (Å²) in [5, 5.41) is 0. The molecule has 0 aromatic carbocycles. The van der Waals surface area contributed by atoms with Crippen molar-refractivity contribution in [2.24, 2.45) is 0 Å². The lowest BCUT2D eigenvalue weighted by molar-refractivity contribution is -0.139. The van der Waals surface area contributed by atoms with Gasteiger partial charge in [-0.3, -0.25) is 9.05 Å². The van der Waals surface area contributed by atoms with Gasteiger partial charge in [-0.05, 0) is 0 Å². The molecule has 0 saturated carbocycles. The molecule has 0 aliphatic carbocycles. The Balaban J connectivity index is 4.46. The lowest BCUT2D eigenvalue weighted by atomic mass is 10.6. The van der Waals surface area contributed by atoms with Gasteiger partial charge in [0.2, 0.25) is 0 Å². The van der Waals surface area contributed by atoms with Gasteiger partial charge in [-0.1, -0.05) is 13.2 Å². The molecule has 23 heavy (non-hydrogen) atoms. The molecule has 0 saturated heterocycles. The molecule has 2 N–H and O–H groups in total. The normalized spacial score (nSPS) is 11.6. The molecule has 0 amide bonds. The predicted octanol–water partition coefficient (Wildman–Crippen LogP) is 0.695. The maximum Gasteiger partial charge on any atom is 0.483 e. The third kappa shape index (κ3) is 11.8. The fraction of sp³-hybridized carbons (Fsp3) is 0.400. The van der Waals surface area contributed by atoms with Crippen molar-refractivity contribution in [3.8, 4) is 0 Å². The van der Waals surface area contributed by atoms with Crippen molar-refractivity contribution >= 4 is 27.6 Å². The summed E-state index contributed by atoms with van der Waals surface area (Å²) in [5.41, 5.74) is 0. The van der Waals surface area contributed by atoms with Gasteiger partial charge < -0.3 is 19.3 Å². The number of phosphoric ester groups is 1. The standard InChI is InChI=1S/C10H16O11P2/c1-3-9(11)17-5-7-19-23(16,21-22(13,14)15)20-8-6-18-10(12)4-2/h3-4H,1-2,5-8H2,(H2,13,14,15). The quantitative estimate of drug-likeness (QED) is 0.214. The molecule has 0 unspecified atom stereocenters. The zero-order chi connectivity index (χ0) is 17.9. The van der Waals surface area contributed by atoms with Crippen molar-refractivity contribution in [3.63, 3.8) is 0 Å². The molecule has 13 heteroatoms. The Hall–Kier alpha value is -1.32. The van der Waals surface area contributed by atoms with Crippen molar-refractivity contribution in [3.05, 3.63) is 25.3 Å². The van der Waals surface area contributed by atoms with Gasteiger partial charge >= 0.3 is 27.6 Å². The third-order valence-electron chi connectivity index (χ3n) is 1.69. The van der Waals surface area contributed by atoms with Crippen molar-refractivity contribution in [2.75, 3.05) is 26.4 Å². The monoisotopic (exact) mass is 374 g/mol. The number of carbonyl (C=O) groups is 2. The van der Waals surface area contributed by atoms with Crippen LogP contribution in [0.1, 0.15) is 0 Å². The summed E-state index contributed by atoms with van der Waals surface area (Å²) >= 11 is 0. The van der Waals surface area contributed by atoms with E-state index in [0.29, 0.717) is 0 Å². The molecular formula is C10H16O11P2. The van der Waals surface area contributed by atoms with Crippen LogP contribution in [0.4, 0.5) is 0 Å². The van der Waals surface area contributed by atoms with E-state index in [1.807, 2.05) is 0 Å². The Morgan fingerprint density at radius 3 is 1.57 bits per heavy atom. The van der Waals surface area contributed by atoms with Crippen molar-refractivity contribution in [1.82, 2.24) is 0 Å². The van der Waals surface area contributed by atoms with Crippen molar-refractivity contribution in [1.29, 1.82) is 0 Å². The van der Waals surface area contributed by atoms with Crippen molar-refractivity contribution < 1.29 is 51.3 Å². The molecule has 0 heterocycles. The van der Waals surface area contributed by atoms with Gasteiger partial charge in [0, 0.05) is 12.2 Å². The summed E-state index contributed by atoms with van der Waals surface area (Å²) in [6, 6.07) is 0. The van der Waals surface area contributed by atoms with E-state index in [2.05, 4.69) is 36.0 Å². The average molecular weight is 374 g/mol. The molecule has 0 fully saturated rings. The predicted molar refractivity (Wildman–Crippen MR) is 75.0 cm³/mol. The first kappa shape index (κ1) is 21.7. The van der Waals surface area contributed by atoms with E-state index in [-0.39, 0.29) is 0 Å². The van der Waals surface area contributed by atoms with E-state index in [1.54, 1.807) is 0 Å². The Kier molecular flexibility index (Phi) is 9.85. The van der Waals surface area contributed by atoms with Gasteiger partial charge in [-0.2, -0.15) is 4.31 Å². The summed E-state index contributed by atoms with van der Waals surface area (Å²) in [6.45, 7) is 4.41. The molecule has 0 aromatic rings. The minimum atomic E-state index is -5.20. The SMILES string of the molecule is C=CC(=O)OCCOP(=O)(OCCOC(=O)C=C)OP(=O)(O)O. The van der Waals surface area contributed by atoms with Crippen LogP contribution in [0.2, 0.25) is 0 Å². The molecule has 0 rings (SSSR count). The van der Waals surface area contributed by atoms with Crippen LogP contribution in [-0.4, -0.2) is 48.2 Å². The molecule has 0 aromatic heterocycles. The Morgan fingerprint density at radius 1 is 0.870 bits per heavy atom.